The van der Waals surface area contributed by atoms with Crippen LogP contribution in [0.4, 0.5) is 0 Å². The van der Waals surface area contributed by atoms with E-state index in [4.69, 9.17) is 4.74 Å². The lowest BCUT2D eigenvalue weighted by atomic mass is 10.2. The van der Waals surface area contributed by atoms with Crippen molar-refractivity contribution < 1.29 is 14.9 Å². The van der Waals surface area contributed by atoms with Gasteiger partial charge in [0.1, 0.15) is 5.75 Å². The van der Waals surface area contributed by atoms with Gasteiger partial charge in [-0.05, 0) is 23.3 Å². The molecule has 0 amide bonds. The van der Waals surface area contributed by atoms with Crippen LogP contribution in [0, 0.1) is 0 Å². The number of rotatable bonds is 10. The highest BCUT2D eigenvalue weighted by Crippen LogP contribution is 2.14. The van der Waals surface area contributed by atoms with E-state index in [0.717, 1.165) is 16.9 Å². The molecule has 1 unspecified atom stereocenters. The van der Waals surface area contributed by atoms with E-state index >= 15 is 0 Å². The van der Waals surface area contributed by atoms with Crippen LogP contribution >= 0.6 is 0 Å². The Morgan fingerprint density at radius 2 is 1.71 bits per heavy atom. The Kier molecular flexibility index (Phi) is 7.71. The first-order chi connectivity index (χ1) is 11.8. The lowest BCUT2D eigenvalue weighted by Gasteiger charge is -2.31. The minimum Gasteiger partial charge on any atom is -0.497 e. The van der Waals surface area contributed by atoms with Crippen LogP contribution in [0.1, 0.15) is 11.1 Å². The van der Waals surface area contributed by atoms with Gasteiger partial charge in [-0.2, -0.15) is 0 Å². The van der Waals surface area contributed by atoms with E-state index in [2.05, 4.69) is 5.32 Å². The number of ether oxygens (including phenoxy) is 1. The van der Waals surface area contributed by atoms with E-state index < -0.39 is 0 Å². The SMILES string of the molecule is COc1ccc(CN(CCO)C(CO)NCc2ccccc2)cc1. The van der Waals surface area contributed by atoms with Crippen LogP contribution in [0.3, 0.4) is 0 Å². The van der Waals surface area contributed by atoms with Gasteiger partial charge in [0, 0.05) is 19.6 Å². The average Bonchev–Trinajstić information content (AvgIpc) is 2.64. The number of hydrogen-bond acceptors (Lipinski definition) is 5. The predicted octanol–water partition coefficient (Wildman–Crippen LogP) is 1.60. The number of aliphatic hydroxyl groups is 2. The third-order valence-corrected chi connectivity index (χ3v) is 3.93. The molecule has 2 aromatic carbocycles. The summed E-state index contributed by atoms with van der Waals surface area (Å²) >= 11 is 0. The van der Waals surface area contributed by atoms with Crippen molar-refractivity contribution in [3.8, 4) is 5.75 Å². The molecular weight excluding hydrogens is 304 g/mol. The molecule has 0 spiro atoms. The van der Waals surface area contributed by atoms with E-state index in [0.29, 0.717) is 19.6 Å². The largest absolute Gasteiger partial charge is 0.497 e. The zero-order valence-corrected chi connectivity index (χ0v) is 14.1. The van der Waals surface area contributed by atoms with E-state index in [9.17, 15) is 10.2 Å². The molecule has 0 aliphatic heterocycles. The van der Waals surface area contributed by atoms with Crippen LogP contribution in [0.25, 0.3) is 0 Å². The quantitative estimate of drug-likeness (QED) is 0.578. The number of hydrogen-bond donors (Lipinski definition) is 3. The highest BCUT2D eigenvalue weighted by molar-refractivity contribution is 5.27. The molecule has 2 rings (SSSR count). The Morgan fingerprint density at radius 1 is 1.00 bits per heavy atom. The average molecular weight is 330 g/mol. The summed E-state index contributed by atoms with van der Waals surface area (Å²) in [5, 5.41) is 22.5. The molecule has 0 aliphatic rings. The molecular formula is C19H26N2O3. The Labute approximate surface area is 143 Å². The van der Waals surface area contributed by atoms with Crippen LogP contribution in [0.15, 0.2) is 54.6 Å². The second kappa shape index (κ2) is 10.1. The van der Waals surface area contributed by atoms with Crippen molar-refractivity contribution in [3.63, 3.8) is 0 Å². The maximum atomic E-state index is 9.76. The van der Waals surface area contributed by atoms with Gasteiger partial charge in [-0.1, -0.05) is 42.5 Å². The Morgan fingerprint density at radius 3 is 2.29 bits per heavy atom. The molecule has 3 N–H and O–H groups in total. The molecule has 1 atom stereocenters. The van der Waals surface area contributed by atoms with Crippen LogP contribution in [0.5, 0.6) is 5.75 Å². The Bertz CT molecular complexity index is 575. The van der Waals surface area contributed by atoms with E-state index in [1.165, 1.54) is 0 Å². The molecule has 0 saturated carbocycles. The summed E-state index contributed by atoms with van der Waals surface area (Å²) in [7, 11) is 1.64. The fourth-order valence-electron chi connectivity index (χ4n) is 2.58. The Hall–Kier alpha value is -1.92. The minimum atomic E-state index is -0.223. The van der Waals surface area contributed by atoms with Gasteiger partial charge < -0.3 is 14.9 Å². The standard InChI is InChI=1S/C19H26N2O3/c1-24-18-9-7-17(8-10-18)14-21(11-12-22)19(15-23)20-13-16-5-3-2-4-6-16/h2-10,19-20,22-23H,11-15H2,1H3. The summed E-state index contributed by atoms with van der Waals surface area (Å²) in [5.74, 6) is 0.813. The van der Waals surface area contributed by atoms with Crippen molar-refractivity contribution in [1.82, 2.24) is 10.2 Å². The smallest absolute Gasteiger partial charge is 0.118 e. The van der Waals surface area contributed by atoms with Crippen molar-refractivity contribution >= 4 is 0 Å². The molecule has 0 heterocycles. The molecule has 0 aliphatic carbocycles. The zero-order chi connectivity index (χ0) is 17.2. The lowest BCUT2D eigenvalue weighted by molar-refractivity contribution is 0.0740. The summed E-state index contributed by atoms with van der Waals surface area (Å²) in [4.78, 5) is 2.03. The fraction of sp³-hybridized carbons (Fsp3) is 0.368. The molecule has 5 nitrogen and oxygen atoms in total. The number of methoxy groups -OCH3 is 1. The first-order valence-corrected chi connectivity index (χ1v) is 8.13. The van der Waals surface area contributed by atoms with Gasteiger partial charge in [0.25, 0.3) is 0 Å². The molecule has 2 aromatic rings. The summed E-state index contributed by atoms with van der Waals surface area (Å²) in [5.41, 5.74) is 2.26. The van der Waals surface area contributed by atoms with Crippen molar-refractivity contribution in [2.45, 2.75) is 19.3 Å². The lowest BCUT2D eigenvalue weighted by Crippen LogP contribution is -2.48. The van der Waals surface area contributed by atoms with E-state index in [1.54, 1.807) is 7.11 Å². The van der Waals surface area contributed by atoms with E-state index in [1.807, 2.05) is 59.5 Å². The highest BCUT2D eigenvalue weighted by atomic mass is 16.5. The van der Waals surface area contributed by atoms with Crippen LogP contribution in [0.2, 0.25) is 0 Å². The Balaban J connectivity index is 1.99. The maximum Gasteiger partial charge on any atom is 0.118 e. The third kappa shape index (κ3) is 5.62. The van der Waals surface area contributed by atoms with Gasteiger partial charge in [0.15, 0.2) is 0 Å². The van der Waals surface area contributed by atoms with Gasteiger partial charge in [-0.15, -0.1) is 0 Å². The molecule has 0 saturated heterocycles. The normalized spacial score (nSPS) is 12.3. The van der Waals surface area contributed by atoms with Gasteiger partial charge in [-0.3, -0.25) is 10.2 Å². The van der Waals surface area contributed by atoms with E-state index in [-0.39, 0.29) is 19.4 Å². The molecule has 130 valence electrons. The number of nitrogens with zero attached hydrogens (tertiary/aromatic N) is 1. The van der Waals surface area contributed by atoms with Gasteiger partial charge >= 0.3 is 0 Å². The maximum absolute atomic E-state index is 9.76. The minimum absolute atomic E-state index is 0.0248. The zero-order valence-electron chi connectivity index (χ0n) is 14.1. The molecule has 24 heavy (non-hydrogen) atoms. The first kappa shape index (κ1) is 18.4. The number of nitrogens with one attached hydrogen (secondary N) is 1. The summed E-state index contributed by atoms with van der Waals surface area (Å²) < 4.78 is 5.17. The van der Waals surface area contributed by atoms with Gasteiger partial charge in [0.2, 0.25) is 0 Å². The van der Waals surface area contributed by atoms with Gasteiger partial charge in [-0.25, -0.2) is 0 Å². The predicted molar refractivity (Wildman–Crippen MR) is 94.6 cm³/mol. The fourth-order valence-corrected chi connectivity index (χ4v) is 2.58. The number of aliphatic hydroxyl groups excluding tert-OH is 2. The molecule has 0 aromatic heterocycles. The highest BCUT2D eigenvalue weighted by Gasteiger charge is 2.17. The second-order valence-electron chi connectivity index (χ2n) is 5.61. The first-order valence-electron chi connectivity index (χ1n) is 8.13. The van der Waals surface area contributed by atoms with Crippen LogP contribution < -0.4 is 10.1 Å². The molecule has 0 bridgehead atoms. The molecule has 5 heteroatoms. The van der Waals surface area contributed by atoms with Crippen molar-refractivity contribution in [1.29, 1.82) is 0 Å². The summed E-state index contributed by atoms with van der Waals surface area (Å²) in [6.45, 7) is 1.80. The van der Waals surface area contributed by atoms with Gasteiger partial charge in [0.05, 0.1) is 26.5 Å². The molecule has 0 fully saturated rings. The monoisotopic (exact) mass is 330 g/mol. The van der Waals surface area contributed by atoms with Crippen molar-refractivity contribution in [2.75, 3.05) is 26.9 Å². The summed E-state index contributed by atoms with van der Waals surface area (Å²) in [6, 6.07) is 17.9. The van der Waals surface area contributed by atoms with Crippen LogP contribution in [-0.4, -0.2) is 48.1 Å². The third-order valence-electron chi connectivity index (χ3n) is 3.93. The topological polar surface area (TPSA) is 65.0 Å². The van der Waals surface area contributed by atoms with Crippen LogP contribution in [-0.2, 0) is 13.1 Å². The van der Waals surface area contributed by atoms with Crippen molar-refractivity contribution in [2.24, 2.45) is 0 Å². The second-order valence-corrected chi connectivity index (χ2v) is 5.61. The summed E-state index contributed by atoms with van der Waals surface area (Å²) in [6.07, 6.45) is -0.223. The van der Waals surface area contributed by atoms with Crippen molar-refractivity contribution in [3.05, 3.63) is 65.7 Å². The molecule has 0 radical (unpaired) electrons. The number of benzene rings is 2.